The highest BCUT2D eigenvalue weighted by Crippen LogP contribution is 2.11. The van der Waals surface area contributed by atoms with Crippen LogP contribution in [0.1, 0.15) is 12.5 Å². The lowest BCUT2D eigenvalue weighted by atomic mass is 10.2. The van der Waals surface area contributed by atoms with E-state index in [1.807, 2.05) is 13.0 Å². The second-order valence-electron chi connectivity index (χ2n) is 3.85. The van der Waals surface area contributed by atoms with Gasteiger partial charge in [-0.15, -0.1) is 0 Å². The topological polar surface area (TPSA) is 71.3 Å². The van der Waals surface area contributed by atoms with Crippen molar-refractivity contribution in [2.75, 3.05) is 20.3 Å². The summed E-state index contributed by atoms with van der Waals surface area (Å²) in [6, 6.07) is 8.56. The van der Waals surface area contributed by atoms with Crippen LogP contribution in [-0.4, -0.2) is 32.3 Å². The van der Waals surface area contributed by atoms with Gasteiger partial charge in [-0.25, -0.2) is 0 Å². The number of ether oxygens (including phenoxy) is 2. The van der Waals surface area contributed by atoms with Gasteiger partial charge in [-0.1, -0.05) is 0 Å². The molecule has 1 aromatic carbocycles. The molecule has 0 fully saturated rings. The third kappa shape index (κ3) is 4.85. The van der Waals surface area contributed by atoms with E-state index in [4.69, 9.17) is 14.7 Å². The number of nitrogens with zero attached hydrogens (tertiary/aromatic N) is 1. The number of nitriles is 1. The molecule has 1 atom stereocenters. The van der Waals surface area contributed by atoms with Crippen LogP contribution in [0, 0.1) is 11.3 Å². The Hall–Kier alpha value is -2.06. The minimum Gasteiger partial charge on any atom is -0.484 e. The van der Waals surface area contributed by atoms with Crippen molar-refractivity contribution in [3.8, 4) is 11.8 Å². The molecular weight excluding hydrogens is 232 g/mol. The van der Waals surface area contributed by atoms with Gasteiger partial charge in [-0.2, -0.15) is 5.26 Å². The third-order valence-electron chi connectivity index (χ3n) is 2.18. The Labute approximate surface area is 106 Å². The molecule has 0 aliphatic heterocycles. The van der Waals surface area contributed by atoms with E-state index >= 15 is 0 Å². The van der Waals surface area contributed by atoms with Gasteiger partial charge < -0.3 is 14.8 Å². The molecule has 0 saturated carbocycles. The Morgan fingerprint density at radius 3 is 2.67 bits per heavy atom. The molecule has 0 saturated heterocycles. The fourth-order valence-corrected chi connectivity index (χ4v) is 1.38. The maximum Gasteiger partial charge on any atom is 0.258 e. The Balaban J connectivity index is 2.35. The number of amides is 1. The molecule has 1 N–H and O–H groups in total. The number of hydrogen-bond donors (Lipinski definition) is 1. The highest BCUT2D eigenvalue weighted by atomic mass is 16.5. The molecule has 1 amide bonds. The molecule has 0 aromatic heterocycles. The van der Waals surface area contributed by atoms with Gasteiger partial charge in [0.25, 0.3) is 5.91 Å². The monoisotopic (exact) mass is 248 g/mol. The standard InChI is InChI=1S/C13H16N2O3/c1-10(8-17-2)15-13(16)9-18-12-5-3-11(7-14)4-6-12/h3-6,10H,8-9H2,1-2H3,(H,15,16). The molecule has 0 aliphatic carbocycles. The molecule has 96 valence electrons. The molecule has 1 unspecified atom stereocenters. The molecule has 0 spiro atoms. The lowest BCUT2D eigenvalue weighted by Crippen LogP contribution is -2.38. The first-order valence-electron chi connectivity index (χ1n) is 5.57. The van der Waals surface area contributed by atoms with Crippen LogP contribution >= 0.6 is 0 Å². The van der Waals surface area contributed by atoms with Gasteiger partial charge in [0.2, 0.25) is 0 Å². The van der Waals surface area contributed by atoms with Crippen LogP contribution in [0.15, 0.2) is 24.3 Å². The number of carbonyl (C=O) groups is 1. The van der Waals surface area contributed by atoms with E-state index in [1.165, 1.54) is 0 Å². The Morgan fingerprint density at radius 2 is 2.11 bits per heavy atom. The van der Waals surface area contributed by atoms with E-state index in [2.05, 4.69) is 5.32 Å². The maximum absolute atomic E-state index is 11.5. The van der Waals surface area contributed by atoms with E-state index in [-0.39, 0.29) is 18.6 Å². The summed E-state index contributed by atoms with van der Waals surface area (Å²) in [5.74, 6) is 0.354. The van der Waals surface area contributed by atoms with Gasteiger partial charge in [-0.05, 0) is 31.2 Å². The average molecular weight is 248 g/mol. The van der Waals surface area contributed by atoms with Gasteiger partial charge >= 0.3 is 0 Å². The fourth-order valence-electron chi connectivity index (χ4n) is 1.38. The van der Waals surface area contributed by atoms with Crippen molar-refractivity contribution in [1.82, 2.24) is 5.32 Å². The smallest absolute Gasteiger partial charge is 0.258 e. The predicted molar refractivity (Wildman–Crippen MR) is 66.1 cm³/mol. The Morgan fingerprint density at radius 1 is 1.44 bits per heavy atom. The minimum atomic E-state index is -0.205. The Bertz CT molecular complexity index is 423. The summed E-state index contributed by atoms with van der Waals surface area (Å²) in [6.07, 6.45) is 0. The lowest BCUT2D eigenvalue weighted by molar-refractivity contribution is -0.124. The second-order valence-corrected chi connectivity index (χ2v) is 3.85. The first kappa shape index (κ1) is 14.0. The van der Waals surface area contributed by atoms with E-state index in [9.17, 15) is 4.79 Å². The van der Waals surface area contributed by atoms with E-state index in [1.54, 1.807) is 31.4 Å². The van der Waals surface area contributed by atoms with Crippen molar-refractivity contribution in [1.29, 1.82) is 5.26 Å². The first-order valence-corrected chi connectivity index (χ1v) is 5.57. The molecule has 5 heteroatoms. The maximum atomic E-state index is 11.5. The zero-order valence-corrected chi connectivity index (χ0v) is 10.5. The van der Waals surface area contributed by atoms with Crippen molar-refractivity contribution in [3.05, 3.63) is 29.8 Å². The highest BCUT2D eigenvalue weighted by Gasteiger charge is 2.07. The van der Waals surface area contributed by atoms with Crippen LogP contribution in [0.4, 0.5) is 0 Å². The number of hydrogen-bond acceptors (Lipinski definition) is 4. The molecule has 0 aliphatic rings. The average Bonchev–Trinajstić information content (AvgIpc) is 2.37. The number of methoxy groups -OCH3 is 1. The largest absolute Gasteiger partial charge is 0.484 e. The van der Waals surface area contributed by atoms with Crippen molar-refractivity contribution in [2.45, 2.75) is 13.0 Å². The molecule has 18 heavy (non-hydrogen) atoms. The Kier molecular flexibility index (Phi) is 5.68. The van der Waals surface area contributed by atoms with Crippen molar-refractivity contribution < 1.29 is 14.3 Å². The normalized spacial score (nSPS) is 11.4. The van der Waals surface area contributed by atoms with Gasteiger partial charge in [0.05, 0.1) is 18.2 Å². The van der Waals surface area contributed by atoms with Gasteiger partial charge in [0.15, 0.2) is 6.61 Å². The molecular formula is C13H16N2O3. The second kappa shape index (κ2) is 7.30. The van der Waals surface area contributed by atoms with Gasteiger partial charge in [0, 0.05) is 13.2 Å². The van der Waals surface area contributed by atoms with Crippen molar-refractivity contribution >= 4 is 5.91 Å². The number of nitrogens with one attached hydrogen (secondary N) is 1. The highest BCUT2D eigenvalue weighted by molar-refractivity contribution is 5.77. The van der Waals surface area contributed by atoms with Crippen LogP contribution < -0.4 is 10.1 Å². The number of carbonyl (C=O) groups excluding carboxylic acids is 1. The predicted octanol–water partition coefficient (Wildman–Crippen LogP) is 1.09. The summed E-state index contributed by atoms with van der Waals surface area (Å²) in [5.41, 5.74) is 0.556. The number of benzene rings is 1. The fraction of sp³-hybridized carbons (Fsp3) is 0.385. The van der Waals surface area contributed by atoms with E-state index in [0.29, 0.717) is 17.9 Å². The number of rotatable bonds is 6. The van der Waals surface area contributed by atoms with E-state index in [0.717, 1.165) is 0 Å². The summed E-state index contributed by atoms with van der Waals surface area (Å²) in [6.45, 7) is 2.26. The third-order valence-corrected chi connectivity index (χ3v) is 2.18. The van der Waals surface area contributed by atoms with E-state index < -0.39 is 0 Å². The van der Waals surface area contributed by atoms with Gasteiger partial charge in [-0.3, -0.25) is 4.79 Å². The van der Waals surface area contributed by atoms with Crippen LogP contribution in [0.2, 0.25) is 0 Å². The van der Waals surface area contributed by atoms with Crippen LogP contribution in [-0.2, 0) is 9.53 Å². The molecule has 1 rings (SSSR count). The van der Waals surface area contributed by atoms with Gasteiger partial charge in [0.1, 0.15) is 5.75 Å². The zero-order valence-electron chi connectivity index (χ0n) is 10.5. The summed E-state index contributed by atoms with van der Waals surface area (Å²) >= 11 is 0. The lowest BCUT2D eigenvalue weighted by Gasteiger charge is -2.13. The molecule has 1 aromatic rings. The summed E-state index contributed by atoms with van der Waals surface area (Å²) in [4.78, 5) is 11.5. The quantitative estimate of drug-likeness (QED) is 0.818. The van der Waals surface area contributed by atoms with Crippen LogP contribution in [0.5, 0.6) is 5.75 Å². The molecule has 0 heterocycles. The molecule has 5 nitrogen and oxygen atoms in total. The van der Waals surface area contributed by atoms with Crippen molar-refractivity contribution in [2.24, 2.45) is 0 Å². The zero-order chi connectivity index (χ0) is 13.4. The van der Waals surface area contributed by atoms with Crippen LogP contribution in [0.3, 0.4) is 0 Å². The molecule has 0 radical (unpaired) electrons. The summed E-state index contributed by atoms with van der Waals surface area (Å²) < 4.78 is 10.2. The van der Waals surface area contributed by atoms with Crippen LogP contribution in [0.25, 0.3) is 0 Å². The molecule has 0 bridgehead atoms. The SMILES string of the molecule is COCC(C)NC(=O)COc1ccc(C#N)cc1. The van der Waals surface area contributed by atoms with Crippen molar-refractivity contribution in [3.63, 3.8) is 0 Å². The summed E-state index contributed by atoms with van der Waals surface area (Å²) in [7, 11) is 1.58. The first-order chi connectivity index (χ1) is 8.65. The summed E-state index contributed by atoms with van der Waals surface area (Å²) in [5, 5.41) is 11.4. The minimum absolute atomic E-state index is 0.0490.